The molecule has 3 nitrogen and oxygen atoms in total. The Balaban J connectivity index is 2.29. The Labute approximate surface area is 132 Å². The standard InChI is InChI=1S/C12H14BrCl2NO2S/c1-8-4-5-16(7-12(8)15)19(17,18)9-2-3-11(14)10(13)6-9/h2-3,6,8,12H,4-5,7H2,1H3. The van der Waals surface area contributed by atoms with E-state index >= 15 is 0 Å². The molecular weight excluding hydrogens is 373 g/mol. The summed E-state index contributed by atoms with van der Waals surface area (Å²) in [6, 6.07) is 4.62. The molecule has 1 aliphatic heterocycles. The number of nitrogens with zero attached hydrogens (tertiary/aromatic N) is 1. The van der Waals surface area contributed by atoms with E-state index < -0.39 is 10.0 Å². The zero-order valence-electron chi connectivity index (χ0n) is 10.3. The van der Waals surface area contributed by atoms with Crippen LogP contribution in [0.4, 0.5) is 0 Å². The first kappa shape index (κ1) is 15.6. The van der Waals surface area contributed by atoms with Crippen molar-refractivity contribution in [2.45, 2.75) is 23.6 Å². The summed E-state index contributed by atoms with van der Waals surface area (Å²) in [7, 11) is -3.50. The normalized spacial score (nSPS) is 25.5. The quantitative estimate of drug-likeness (QED) is 0.726. The number of benzene rings is 1. The van der Waals surface area contributed by atoms with Gasteiger partial charge in [-0.3, -0.25) is 0 Å². The number of rotatable bonds is 2. The first-order valence-electron chi connectivity index (χ1n) is 5.91. The molecule has 1 aromatic rings. The first-order valence-corrected chi connectivity index (χ1v) is 8.96. The summed E-state index contributed by atoms with van der Waals surface area (Å²) in [4.78, 5) is 0.238. The van der Waals surface area contributed by atoms with Gasteiger partial charge in [-0.15, -0.1) is 11.6 Å². The molecule has 0 saturated carbocycles. The molecule has 2 unspecified atom stereocenters. The van der Waals surface area contributed by atoms with Gasteiger partial charge in [-0.1, -0.05) is 18.5 Å². The van der Waals surface area contributed by atoms with E-state index in [0.29, 0.717) is 28.5 Å². The minimum atomic E-state index is -3.50. The lowest BCUT2D eigenvalue weighted by Gasteiger charge is -2.33. The first-order chi connectivity index (χ1) is 8.82. The number of hydrogen-bond donors (Lipinski definition) is 0. The lowest BCUT2D eigenvalue weighted by Crippen LogP contribution is -2.43. The molecule has 0 aromatic heterocycles. The van der Waals surface area contributed by atoms with Crippen LogP contribution in [-0.2, 0) is 10.0 Å². The van der Waals surface area contributed by atoms with Crippen molar-refractivity contribution in [3.05, 3.63) is 27.7 Å². The molecule has 1 aliphatic rings. The maximum absolute atomic E-state index is 12.5. The van der Waals surface area contributed by atoms with Crippen molar-refractivity contribution in [2.24, 2.45) is 5.92 Å². The van der Waals surface area contributed by atoms with Crippen molar-refractivity contribution in [3.63, 3.8) is 0 Å². The van der Waals surface area contributed by atoms with Gasteiger partial charge in [0, 0.05) is 22.9 Å². The van der Waals surface area contributed by atoms with Crippen molar-refractivity contribution in [2.75, 3.05) is 13.1 Å². The lowest BCUT2D eigenvalue weighted by molar-refractivity contribution is 0.293. The van der Waals surface area contributed by atoms with E-state index in [2.05, 4.69) is 15.9 Å². The van der Waals surface area contributed by atoms with Crippen LogP contribution in [0, 0.1) is 5.92 Å². The fourth-order valence-electron chi connectivity index (χ4n) is 2.00. The Morgan fingerprint density at radius 2 is 2.11 bits per heavy atom. The largest absolute Gasteiger partial charge is 0.243 e. The van der Waals surface area contributed by atoms with E-state index in [1.807, 2.05) is 6.92 Å². The van der Waals surface area contributed by atoms with Crippen molar-refractivity contribution in [3.8, 4) is 0 Å². The van der Waals surface area contributed by atoms with Gasteiger partial charge in [-0.25, -0.2) is 8.42 Å². The molecule has 19 heavy (non-hydrogen) atoms. The van der Waals surface area contributed by atoms with Crippen molar-refractivity contribution in [1.29, 1.82) is 0 Å². The smallest absolute Gasteiger partial charge is 0.207 e. The number of alkyl halides is 1. The second kappa shape index (κ2) is 5.90. The van der Waals surface area contributed by atoms with E-state index in [1.54, 1.807) is 6.07 Å². The summed E-state index contributed by atoms with van der Waals surface area (Å²) in [6.07, 6.45) is 0.780. The van der Waals surface area contributed by atoms with E-state index in [0.717, 1.165) is 6.42 Å². The van der Waals surface area contributed by atoms with Crippen LogP contribution >= 0.6 is 39.1 Å². The molecule has 2 atom stereocenters. The number of halogens is 3. The lowest BCUT2D eigenvalue weighted by atomic mass is 10.0. The number of hydrogen-bond acceptors (Lipinski definition) is 2. The highest BCUT2D eigenvalue weighted by Crippen LogP contribution is 2.30. The molecule has 1 fully saturated rings. The molecule has 0 amide bonds. The number of sulfonamides is 1. The second-order valence-corrected chi connectivity index (χ2v) is 8.48. The third kappa shape index (κ3) is 3.27. The summed E-state index contributed by atoms with van der Waals surface area (Å²) in [6.45, 7) is 2.90. The number of piperidine rings is 1. The van der Waals surface area contributed by atoms with Crippen LogP contribution < -0.4 is 0 Å². The molecule has 1 aromatic carbocycles. The van der Waals surface area contributed by atoms with Crippen LogP contribution in [0.3, 0.4) is 0 Å². The molecule has 1 heterocycles. The molecule has 2 rings (SSSR count). The minimum absolute atomic E-state index is 0.140. The van der Waals surface area contributed by atoms with E-state index in [1.165, 1.54) is 16.4 Å². The van der Waals surface area contributed by atoms with Gasteiger partial charge in [-0.2, -0.15) is 4.31 Å². The summed E-state index contributed by atoms with van der Waals surface area (Å²) in [5.74, 6) is 0.338. The van der Waals surface area contributed by atoms with Crippen LogP contribution in [0.1, 0.15) is 13.3 Å². The Morgan fingerprint density at radius 1 is 1.42 bits per heavy atom. The molecule has 0 spiro atoms. The van der Waals surface area contributed by atoms with Crippen LogP contribution in [0.15, 0.2) is 27.6 Å². The van der Waals surface area contributed by atoms with Gasteiger partial charge in [0.25, 0.3) is 0 Å². The summed E-state index contributed by atoms with van der Waals surface area (Å²) in [5, 5.41) is 0.348. The fourth-order valence-corrected chi connectivity index (χ4v) is 4.53. The second-order valence-electron chi connectivity index (χ2n) is 4.72. The topological polar surface area (TPSA) is 37.4 Å². The molecule has 0 bridgehead atoms. The average Bonchev–Trinajstić information content (AvgIpc) is 2.35. The maximum atomic E-state index is 12.5. The molecule has 106 valence electrons. The monoisotopic (exact) mass is 385 g/mol. The Kier molecular flexibility index (Phi) is 4.83. The maximum Gasteiger partial charge on any atom is 0.243 e. The third-order valence-corrected chi connectivity index (χ3v) is 7.00. The third-order valence-electron chi connectivity index (χ3n) is 3.36. The fraction of sp³-hybridized carbons (Fsp3) is 0.500. The van der Waals surface area contributed by atoms with Gasteiger partial charge in [0.1, 0.15) is 0 Å². The molecule has 0 N–H and O–H groups in total. The Hall–Kier alpha value is 0.190. The zero-order chi connectivity index (χ0) is 14.2. The Morgan fingerprint density at radius 3 is 2.68 bits per heavy atom. The molecule has 1 saturated heterocycles. The van der Waals surface area contributed by atoms with Gasteiger partial charge >= 0.3 is 0 Å². The minimum Gasteiger partial charge on any atom is -0.207 e. The average molecular weight is 387 g/mol. The summed E-state index contributed by atoms with van der Waals surface area (Å²) >= 11 is 15.3. The van der Waals surface area contributed by atoms with Gasteiger partial charge in [0.2, 0.25) is 10.0 Å². The van der Waals surface area contributed by atoms with Crippen molar-refractivity contribution < 1.29 is 8.42 Å². The van der Waals surface area contributed by atoms with Gasteiger partial charge < -0.3 is 0 Å². The van der Waals surface area contributed by atoms with Crippen molar-refractivity contribution >= 4 is 49.2 Å². The summed E-state index contributed by atoms with van der Waals surface area (Å²) in [5.41, 5.74) is 0. The molecule has 7 heteroatoms. The SMILES string of the molecule is CC1CCN(S(=O)(=O)c2ccc(Cl)c(Br)c2)CC1Cl. The molecule has 0 radical (unpaired) electrons. The predicted molar refractivity (Wildman–Crippen MR) is 81.3 cm³/mol. The van der Waals surface area contributed by atoms with Gasteiger partial charge in [0.15, 0.2) is 0 Å². The van der Waals surface area contributed by atoms with Crippen LogP contribution in [0.2, 0.25) is 5.02 Å². The van der Waals surface area contributed by atoms with Crippen LogP contribution in [0.5, 0.6) is 0 Å². The highest BCUT2D eigenvalue weighted by molar-refractivity contribution is 9.10. The summed E-state index contributed by atoms with van der Waals surface area (Å²) < 4.78 is 27.0. The van der Waals surface area contributed by atoms with Gasteiger partial charge in [-0.05, 0) is 46.5 Å². The van der Waals surface area contributed by atoms with E-state index in [-0.39, 0.29) is 10.3 Å². The highest BCUT2D eigenvalue weighted by Gasteiger charge is 2.32. The van der Waals surface area contributed by atoms with E-state index in [9.17, 15) is 8.42 Å². The van der Waals surface area contributed by atoms with Gasteiger partial charge in [0.05, 0.1) is 9.92 Å². The Bertz CT molecular complexity index is 579. The van der Waals surface area contributed by atoms with Crippen LogP contribution in [0.25, 0.3) is 0 Å². The highest BCUT2D eigenvalue weighted by atomic mass is 79.9. The van der Waals surface area contributed by atoms with Crippen LogP contribution in [-0.4, -0.2) is 31.2 Å². The predicted octanol–water partition coefficient (Wildman–Crippen LogP) is 3.74. The molecule has 0 aliphatic carbocycles. The molecular formula is C12H14BrCl2NO2S. The van der Waals surface area contributed by atoms with E-state index in [4.69, 9.17) is 23.2 Å². The van der Waals surface area contributed by atoms with Crippen molar-refractivity contribution in [1.82, 2.24) is 4.31 Å². The zero-order valence-corrected chi connectivity index (χ0v) is 14.2.